The maximum absolute atomic E-state index is 5.40. The van der Waals surface area contributed by atoms with E-state index in [9.17, 15) is 0 Å². The van der Waals surface area contributed by atoms with Gasteiger partial charge in [-0.2, -0.15) is 5.10 Å². The van der Waals surface area contributed by atoms with Gasteiger partial charge in [0.15, 0.2) is 0 Å². The fraction of sp³-hybridized carbons (Fsp3) is 0. The molecule has 0 fully saturated rings. The van der Waals surface area contributed by atoms with Crippen LogP contribution in [-0.2, 0) is 0 Å². The molecule has 10 aromatic rings. The topological polar surface area (TPSA) is 30.2 Å². The lowest BCUT2D eigenvalue weighted by atomic mass is 9.92. The Kier molecular flexibility index (Phi) is 8.16. The van der Waals surface area contributed by atoms with E-state index in [1.165, 1.54) is 10.9 Å². The molecular formula is C52H35N3. The molecule has 10 rings (SSSR count). The molecule has 0 radical (unpaired) electrons. The van der Waals surface area contributed by atoms with Gasteiger partial charge in [0, 0.05) is 33.2 Å². The van der Waals surface area contributed by atoms with Crippen LogP contribution in [0.5, 0.6) is 0 Å². The Hall–Kier alpha value is -7.36. The molecule has 0 spiro atoms. The van der Waals surface area contributed by atoms with E-state index in [2.05, 4.69) is 205 Å². The quantitative estimate of drug-likeness (QED) is 0.166. The van der Waals surface area contributed by atoms with E-state index in [-0.39, 0.29) is 0 Å². The zero-order chi connectivity index (χ0) is 36.6. The van der Waals surface area contributed by atoms with E-state index >= 15 is 0 Å². The number of benzene rings is 7. The van der Waals surface area contributed by atoms with Gasteiger partial charge in [0.25, 0.3) is 0 Å². The summed E-state index contributed by atoms with van der Waals surface area (Å²) >= 11 is 0. The van der Waals surface area contributed by atoms with Gasteiger partial charge < -0.3 is 0 Å². The molecule has 0 bridgehead atoms. The molecular weight excluding hydrogens is 667 g/mol. The molecule has 0 amide bonds. The molecule has 7 aromatic carbocycles. The Balaban J connectivity index is 1.17. The lowest BCUT2D eigenvalue weighted by molar-refractivity contribution is 0.979. The molecule has 3 heterocycles. The van der Waals surface area contributed by atoms with Crippen LogP contribution in [0.4, 0.5) is 0 Å². The second-order valence-electron chi connectivity index (χ2n) is 13.8. The average molecular weight is 702 g/mol. The molecule has 0 saturated heterocycles. The number of pyridine rings is 2. The van der Waals surface area contributed by atoms with Crippen molar-refractivity contribution in [2.45, 2.75) is 0 Å². The maximum atomic E-state index is 5.40. The molecule has 0 unspecified atom stereocenters. The summed E-state index contributed by atoms with van der Waals surface area (Å²) in [5.74, 6) is 0. The minimum atomic E-state index is 0.956. The van der Waals surface area contributed by atoms with Crippen LogP contribution in [0.3, 0.4) is 0 Å². The number of hydrogen-bond acceptors (Lipinski definition) is 2. The summed E-state index contributed by atoms with van der Waals surface area (Å²) in [4.78, 5) is 5.10. The normalized spacial score (nSPS) is 11.3. The first kappa shape index (κ1) is 32.3. The summed E-state index contributed by atoms with van der Waals surface area (Å²) in [6.45, 7) is 0. The smallest absolute Gasteiger partial charge is 0.101 e. The summed E-state index contributed by atoms with van der Waals surface area (Å²) in [5, 5.41) is 7.74. The molecule has 0 saturated carbocycles. The minimum absolute atomic E-state index is 0.956. The van der Waals surface area contributed by atoms with Crippen LogP contribution in [0, 0.1) is 0 Å². The fourth-order valence-corrected chi connectivity index (χ4v) is 7.76. The molecule has 0 N–H and O–H groups in total. The van der Waals surface area contributed by atoms with Crippen molar-refractivity contribution in [3.8, 4) is 78.4 Å². The Bertz CT molecular complexity index is 2860. The molecule has 3 heteroatoms. The van der Waals surface area contributed by atoms with E-state index in [1.54, 1.807) is 0 Å². The summed E-state index contributed by atoms with van der Waals surface area (Å²) in [6, 6.07) is 75.0. The fourth-order valence-electron chi connectivity index (χ4n) is 7.76. The van der Waals surface area contributed by atoms with Crippen molar-refractivity contribution in [2.75, 3.05) is 0 Å². The Morgan fingerprint density at radius 1 is 0.327 bits per heavy atom. The van der Waals surface area contributed by atoms with Gasteiger partial charge in [0.2, 0.25) is 0 Å². The van der Waals surface area contributed by atoms with Crippen LogP contribution in [0.15, 0.2) is 212 Å². The molecule has 3 aromatic heterocycles. The van der Waals surface area contributed by atoms with Crippen LogP contribution in [0.25, 0.3) is 94.7 Å². The molecule has 0 atom stereocenters. The first-order chi connectivity index (χ1) is 27.3. The van der Waals surface area contributed by atoms with Gasteiger partial charge >= 0.3 is 0 Å². The summed E-state index contributed by atoms with van der Waals surface area (Å²) in [7, 11) is 0. The number of nitrogens with zero attached hydrogens (tertiary/aromatic N) is 3. The highest BCUT2D eigenvalue weighted by molar-refractivity contribution is 6.12. The van der Waals surface area contributed by atoms with Crippen molar-refractivity contribution < 1.29 is 0 Å². The highest BCUT2D eigenvalue weighted by atomic mass is 15.2. The van der Waals surface area contributed by atoms with Gasteiger partial charge in [-0.15, -0.1) is 0 Å². The van der Waals surface area contributed by atoms with Gasteiger partial charge in [-0.25, -0.2) is 9.50 Å². The maximum Gasteiger partial charge on any atom is 0.101 e. The zero-order valence-corrected chi connectivity index (χ0v) is 30.0. The van der Waals surface area contributed by atoms with Crippen molar-refractivity contribution in [2.24, 2.45) is 0 Å². The van der Waals surface area contributed by atoms with Crippen molar-refractivity contribution in [3.63, 3.8) is 0 Å². The van der Waals surface area contributed by atoms with Crippen LogP contribution < -0.4 is 0 Å². The van der Waals surface area contributed by atoms with Crippen LogP contribution in [0.1, 0.15) is 0 Å². The number of hydrogen-bond donors (Lipinski definition) is 0. The molecule has 55 heavy (non-hydrogen) atoms. The average Bonchev–Trinajstić information content (AvgIpc) is 3.69. The Morgan fingerprint density at radius 2 is 0.818 bits per heavy atom. The van der Waals surface area contributed by atoms with Crippen molar-refractivity contribution in [3.05, 3.63) is 212 Å². The predicted molar refractivity (Wildman–Crippen MR) is 229 cm³/mol. The van der Waals surface area contributed by atoms with Crippen molar-refractivity contribution in [1.29, 1.82) is 0 Å². The van der Waals surface area contributed by atoms with E-state index in [0.29, 0.717) is 0 Å². The third-order valence-electron chi connectivity index (χ3n) is 10.4. The summed E-state index contributed by atoms with van der Waals surface area (Å²) in [5.41, 5.74) is 16.3. The number of rotatable bonds is 7. The minimum Gasteiger partial charge on any atom is -0.248 e. The molecule has 0 aliphatic rings. The van der Waals surface area contributed by atoms with Gasteiger partial charge in [-0.1, -0.05) is 194 Å². The number of fused-ring (bicyclic) bond motifs is 3. The first-order valence-electron chi connectivity index (χ1n) is 18.7. The van der Waals surface area contributed by atoms with Gasteiger partial charge in [0.05, 0.1) is 22.6 Å². The lowest BCUT2D eigenvalue weighted by Gasteiger charge is -2.14. The second-order valence-corrected chi connectivity index (χ2v) is 13.8. The Morgan fingerprint density at radius 3 is 1.38 bits per heavy atom. The van der Waals surface area contributed by atoms with Gasteiger partial charge in [0.1, 0.15) is 5.69 Å². The van der Waals surface area contributed by atoms with E-state index < -0.39 is 0 Å². The lowest BCUT2D eigenvalue weighted by Crippen LogP contribution is -1.96. The molecule has 3 nitrogen and oxygen atoms in total. The highest BCUT2D eigenvalue weighted by Gasteiger charge is 2.22. The third kappa shape index (κ3) is 5.98. The first-order valence-corrected chi connectivity index (χ1v) is 18.7. The van der Waals surface area contributed by atoms with Crippen LogP contribution in [-0.4, -0.2) is 14.6 Å². The van der Waals surface area contributed by atoms with Crippen molar-refractivity contribution >= 4 is 16.3 Å². The van der Waals surface area contributed by atoms with E-state index in [4.69, 9.17) is 10.1 Å². The summed E-state index contributed by atoms with van der Waals surface area (Å²) in [6.07, 6.45) is 0. The highest BCUT2D eigenvalue weighted by Crippen LogP contribution is 2.43. The van der Waals surface area contributed by atoms with Crippen molar-refractivity contribution in [1.82, 2.24) is 14.6 Å². The van der Waals surface area contributed by atoms with Crippen LogP contribution in [0.2, 0.25) is 0 Å². The SMILES string of the molecule is c1ccc(-c2cc(-c3ccc(-c4cccc5c4cc(-c4ccccc4)n4nc(-c6ccccc6)c(-c6ccccc6)c54)cc3)cc(-c3ccccc3)n2)cc1. The second kappa shape index (κ2) is 13.9. The van der Waals surface area contributed by atoms with Gasteiger partial charge in [-0.05, 0) is 51.4 Å². The third-order valence-corrected chi connectivity index (χ3v) is 10.4. The predicted octanol–water partition coefficient (Wildman–Crippen LogP) is 13.6. The van der Waals surface area contributed by atoms with E-state index in [0.717, 1.165) is 83.7 Å². The van der Waals surface area contributed by atoms with Crippen LogP contribution >= 0.6 is 0 Å². The zero-order valence-electron chi connectivity index (χ0n) is 30.0. The summed E-state index contributed by atoms with van der Waals surface area (Å²) < 4.78 is 2.16. The van der Waals surface area contributed by atoms with E-state index in [1.807, 2.05) is 12.1 Å². The largest absolute Gasteiger partial charge is 0.248 e. The Labute approximate surface area is 320 Å². The molecule has 0 aliphatic carbocycles. The molecule has 258 valence electrons. The monoisotopic (exact) mass is 701 g/mol. The molecule has 0 aliphatic heterocycles. The number of aromatic nitrogens is 3. The van der Waals surface area contributed by atoms with Gasteiger partial charge in [-0.3, -0.25) is 0 Å². The standard InChI is InChI=1S/C52H35N3/c1-6-17-38(18-7-1)47-33-43(34-48(53-47)39-19-8-2-9-20-39)36-29-31-37(32-30-36)44-27-16-28-45-46(44)35-49(40-21-10-3-11-22-40)55-52(45)50(41-23-12-4-13-24-41)51(54-55)42-25-14-5-15-26-42/h1-35H.